The fourth-order valence-electron chi connectivity index (χ4n) is 2.56. The van der Waals surface area contributed by atoms with Crippen LogP contribution in [0, 0.1) is 11.8 Å². The van der Waals surface area contributed by atoms with Gasteiger partial charge in [0.15, 0.2) is 5.12 Å². The van der Waals surface area contributed by atoms with Gasteiger partial charge in [-0.3, -0.25) is 9.59 Å². The Bertz CT molecular complexity index is 518. The number of Topliss-reactive ketones (excluding diaryl/α,β-unsaturated/α-hetero) is 1. The van der Waals surface area contributed by atoms with Gasteiger partial charge in [-0.25, -0.2) is 4.79 Å². The molecule has 0 radical (unpaired) electrons. The lowest BCUT2D eigenvalue weighted by Gasteiger charge is -2.24. The van der Waals surface area contributed by atoms with Gasteiger partial charge in [0.1, 0.15) is 6.61 Å². The summed E-state index contributed by atoms with van der Waals surface area (Å²) in [6.07, 6.45) is 2.34. The Kier molecular flexibility index (Phi) is 5.56. The van der Waals surface area contributed by atoms with Crippen LogP contribution in [0.2, 0.25) is 0 Å². The van der Waals surface area contributed by atoms with Crippen LogP contribution in [-0.2, 0) is 25.7 Å². The maximum Gasteiger partial charge on any atom is 0.375 e. The van der Waals surface area contributed by atoms with Gasteiger partial charge in [0.05, 0.1) is 0 Å². The molecule has 21 heavy (non-hydrogen) atoms. The van der Waals surface area contributed by atoms with Gasteiger partial charge in [-0.1, -0.05) is 30.3 Å². The minimum absolute atomic E-state index is 0.0854. The lowest BCUT2D eigenvalue weighted by atomic mass is 9.80. The van der Waals surface area contributed by atoms with E-state index in [0.29, 0.717) is 25.7 Å². The lowest BCUT2D eigenvalue weighted by molar-refractivity contribution is -0.157. The molecule has 1 saturated carbocycles. The average Bonchev–Trinajstić information content (AvgIpc) is 2.53. The van der Waals surface area contributed by atoms with Crippen molar-refractivity contribution in [3.63, 3.8) is 0 Å². The van der Waals surface area contributed by atoms with Crippen LogP contribution in [0.3, 0.4) is 0 Å². The Morgan fingerprint density at radius 3 is 2.14 bits per heavy atom. The van der Waals surface area contributed by atoms with Crippen LogP contribution in [0.15, 0.2) is 30.3 Å². The number of ketones is 1. The molecule has 1 aromatic carbocycles. The zero-order valence-corrected chi connectivity index (χ0v) is 12.6. The molecule has 0 unspecified atom stereocenters. The third-order valence-corrected chi connectivity index (χ3v) is 4.23. The molecule has 0 bridgehead atoms. The first-order valence-corrected chi connectivity index (χ1v) is 7.50. The fourth-order valence-corrected chi connectivity index (χ4v) is 2.82. The molecular formula is C16H18O4S. The number of rotatable bonds is 5. The summed E-state index contributed by atoms with van der Waals surface area (Å²) in [7, 11) is 0. The number of carbonyl (C=O) groups excluding carboxylic acids is 3. The molecule has 1 aromatic rings. The molecule has 5 heteroatoms. The molecule has 0 saturated heterocycles. The Morgan fingerprint density at radius 2 is 1.57 bits per heavy atom. The molecule has 2 rings (SSSR count). The number of hydrogen-bond donors (Lipinski definition) is 1. The average molecular weight is 306 g/mol. The minimum Gasteiger partial charge on any atom is -0.455 e. The molecule has 0 N–H and O–H groups in total. The largest absolute Gasteiger partial charge is 0.455 e. The summed E-state index contributed by atoms with van der Waals surface area (Å²) in [5, 5.41) is -0.132. The highest BCUT2D eigenvalue weighted by molar-refractivity contribution is 7.96. The molecule has 1 aliphatic rings. The SMILES string of the molecule is O=C(OCc1ccccc1)C(=O)C1CCC(C(=O)S)CC1. The van der Waals surface area contributed by atoms with Crippen molar-refractivity contribution in [2.24, 2.45) is 11.8 Å². The monoisotopic (exact) mass is 306 g/mol. The Balaban J connectivity index is 1.80. The number of ether oxygens (including phenoxy) is 1. The molecular weight excluding hydrogens is 288 g/mol. The standard InChI is InChI=1S/C16H18O4S/c17-14(12-6-8-13(9-7-12)16(19)21)15(18)20-10-11-4-2-1-3-5-11/h1-5,12-13H,6-10H2,(H,19,21). The lowest BCUT2D eigenvalue weighted by Crippen LogP contribution is -2.30. The number of thiol groups is 1. The summed E-state index contributed by atoms with van der Waals surface area (Å²) in [4.78, 5) is 35.0. The second-order valence-corrected chi connectivity index (χ2v) is 5.75. The van der Waals surface area contributed by atoms with Crippen LogP contribution in [0.5, 0.6) is 0 Å². The van der Waals surface area contributed by atoms with Gasteiger partial charge in [-0.2, -0.15) is 0 Å². The number of hydrogen-bond acceptors (Lipinski definition) is 4. The molecule has 1 fully saturated rings. The van der Waals surface area contributed by atoms with E-state index >= 15 is 0 Å². The Morgan fingerprint density at radius 1 is 1.00 bits per heavy atom. The molecule has 0 aliphatic heterocycles. The number of esters is 1. The Hall–Kier alpha value is -1.62. The second kappa shape index (κ2) is 7.41. The summed E-state index contributed by atoms with van der Waals surface area (Å²) < 4.78 is 5.05. The molecule has 0 spiro atoms. The molecule has 0 aromatic heterocycles. The van der Waals surface area contributed by atoms with Gasteiger partial charge in [-0.15, -0.1) is 12.6 Å². The minimum atomic E-state index is -0.778. The van der Waals surface area contributed by atoms with Crippen LogP contribution in [0.25, 0.3) is 0 Å². The van der Waals surface area contributed by atoms with Crippen molar-refractivity contribution >= 4 is 29.5 Å². The first-order valence-electron chi connectivity index (χ1n) is 7.05. The quantitative estimate of drug-likeness (QED) is 0.516. The zero-order chi connectivity index (χ0) is 15.2. The maximum atomic E-state index is 12.0. The van der Waals surface area contributed by atoms with Gasteiger partial charge in [0, 0.05) is 11.8 Å². The van der Waals surface area contributed by atoms with E-state index in [4.69, 9.17) is 4.74 Å². The van der Waals surface area contributed by atoms with Crippen LogP contribution in [-0.4, -0.2) is 16.9 Å². The van der Waals surface area contributed by atoms with Crippen LogP contribution >= 0.6 is 12.6 Å². The molecule has 112 valence electrons. The van der Waals surface area contributed by atoms with Gasteiger partial charge < -0.3 is 4.74 Å². The van der Waals surface area contributed by atoms with E-state index in [1.165, 1.54) is 0 Å². The second-order valence-electron chi connectivity index (χ2n) is 5.31. The van der Waals surface area contributed by atoms with E-state index in [2.05, 4.69) is 12.6 Å². The van der Waals surface area contributed by atoms with E-state index in [0.717, 1.165) is 5.56 Å². The fraction of sp³-hybridized carbons (Fsp3) is 0.438. The van der Waals surface area contributed by atoms with Crippen molar-refractivity contribution in [1.29, 1.82) is 0 Å². The summed E-state index contributed by atoms with van der Waals surface area (Å²) >= 11 is 3.82. The smallest absolute Gasteiger partial charge is 0.375 e. The van der Waals surface area contributed by atoms with E-state index < -0.39 is 11.8 Å². The highest BCUT2D eigenvalue weighted by Gasteiger charge is 2.32. The first kappa shape index (κ1) is 15.8. The van der Waals surface area contributed by atoms with Crippen molar-refractivity contribution in [2.75, 3.05) is 0 Å². The van der Waals surface area contributed by atoms with Gasteiger partial charge >= 0.3 is 5.97 Å². The number of carbonyl (C=O) groups is 3. The highest BCUT2D eigenvalue weighted by Crippen LogP contribution is 2.30. The normalized spacial score (nSPS) is 21.6. The van der Waals surface area contributed by atoms with Crippen molar-refractivity contribution < 1.29 is 19.1 Å². The molecule has 0 atom stereocenters. The molecule has 0 heterocycles. The molecule has 1 aliphatic carbocycles. The molecule has 4 nitrogen and oxygen atoms in total. The van der Waals surface area contributed by atoms with E-state index in [1.807, 2.05) is 30.3 Å². The highest BCUT2D eigenvalue weighted by atomic mass is 32.1. The molecule has 0 amide bonds. The summed E-state index contributed by atoms with van der Waals surface area (Å²) in [6.45, 7) is 0.107. The predicted octanol–water partition coefficient (Wildman–Crippen LogP) is 2.56. The van der Waals surface area contributed by atoms with Gasteiger partial charge in [-0.05, 0) is 31.2 Å². The third kappa shape index (κ3) is 4.43. The number of benzene rings is 1. The topological polar surface area (TPSA) is 60.4 Å². The van der Waals surface area contributed by atoms with Crippen LogP contribution < -0.4 is 0 Å². The van der Waals surface area contributed by atoms with Crippen molar-refractivity contribution in [3.8, 4) is 0 Å². The van der Waals surface area contributed by atoms with Crippen molar-refractivity contribution in [2.45, 2.75) is 32.3 Å². The van der Waals surface area contributed by atoms with E-state index in [1.54, 1.807) is 0 Å². The predicted molar refractivity (Wildman–Crippen MR) is 80.7 cm³/mol. The zero-order valence-electron chi connectivity index (χ0n) is 11.7. The van der Waals surface area contributed by atoms with E-state index in [-0.39, 0.29) is 23.6 Å². The summed E-state index contributed by atoms with van der Waals surface area (Å²) in [5.41, 5.74) is 0.850. The first-order chi connectivity index (χ1) is 10.1. The third-order valence-electron chi connectivity index (χ3n) is 3.86. The van der Waals surface area contributed by atoms with Crippen LogP contribution in [0.1, 0.15) is 31.2 Å². The summed E-state index contributed by atoms with van der Waals surface area (Å²) in [6, 6.07) is 9.24. The Labute approximate surface area is 129 Å². The summed E-state index contributed by atoms with van der Waals surface area (Å²) in [5.74, 6) is -1.66. The van der Waals surface area contributed by atoms with Crippen LogP contribution in [0.4, 0.5) is 0 Å². The van der Waals surface area contributed by atoms with Gasteiger partial charge in [0.2, 0.25) is 5.78 Å². The van der Waals surface area contributed by atoms with Gasteiger partial charge in [0.25, 0.3) is 0 Å². The van der Waals surface area contributed by atoms with E-state index in [9.17, 15) is 14.4 Å². The maximum absolute atomic E-state index is 12.0. The van der Waals surface area contributed by atoms with Crippen molar-refractivity contribution in [1.82, 2.24) is 0 Å². The van der Waals surface area contributed by atoms with Crippen molar-refractivity contribution in [3.05, 3.63) is 35.9 Å².